The number of fused-ring (bicyclic) bond motifs is 3. The first-order valence-electron chi connectivity index (χ1n) is 29.0. The highest BCUT2D eigenvalue weighted by Gasteiger charge is 2.27. The van der Waals surface area contributed by atoms with Gasteiger partial charge in [-0.25, -0.2) is 0 Å². The van der Waals surface area contributed by atoms with E-state index in [2.05, 4.69) is 314 Å². The van der Waals surface area contributed by atoms with Gasteiger partial charge in [0, 0.05) is 32.9 Å². The molecule has 0 N–H and O–H groups in total. The van der Waals surface area contributed by atoms with Gasteiger partial charge in [-0.05, 0) is 164 Å². The maximum absolute atomic E-state index is 2.55. The van der Waals surface area contributed by atoms with Gasteiger partial charge in [-0.1, -0.05) is 249 Å². The molecule has 0 unspecified atom stereocenters. The highest BCUT2D eigenvalue weighted by molar-refractivity contribution is 6.27. The van der Waals surface area contributed by atoms with E-state index < -0.39 is 0 Å². The molecule has 0 bridgehead atoms. The first kappa shape index (κ1) is 52.7. The summed E-state index contributed by atoms with van der Waals surface area (Å²) in [5, 5.41) is 10.0. The maximum Gasteiger partial charge on any atom is 0.0541 e. The smallest absolute Gasteiger partial charge is 0.0541 e. The van der Waals surface area contributed by atoms with Crippen molar-refractivity contribution in [2.75, 3.05) is 4.90 Å². The third-order valence-corrected chi connectivity index (χ3v) is 17.1. The molecule has 1 heterocycles. The first-order valence-corrected chi connectivity index (χ1v) is 29.0. The Bertz CT molecular complexity index is 4220. The lowest BCUT2D eigenvalue weighted by Gasteiger charge is -2.30. The lowest BCUT2D eigenvalue weighted by molar-refractivity contribution is 0.568. The minimum atomic E-state index is -0.0454. The molecule has 11 aromatic carbocycles. The Hall–Kier alpha value is -7.94. The van der Waals surface area contributed by atoms with Crippen molar-refractivity contribution in [3.63, 3.8) is 0 Å². The number of para-hydroxylation sites is 2. The highest BCUT2D eigenvalue weighted by atomic mass is 15.1. The molecule has 0 radical (unpaired) electrons. The summed E-state index contributed by atoms with van der Waals surface area (Å²) < 4.78 is 2.48. The van der Waals surface area contributed by atoms with Crippen LogP contribution in [-0.4, -0.2) is 4.57 Å². The predicted octanol–water partition coefficient (Wildman–Crippen LogP) is 22.6. The van der Waals surface area contributed by atoms with Gasteiger partial charge >= 0.3 is 0 Å². The normalized spacial score (nSPS) is 12.9. The molecule has 0 aliphatic heterocycles. The topological polar surface area (TPSA) is 8.17 Å². The van der Waals surface area contributed by atoms with Gasteiger partial charge in [0.25, 0.3) is 0 Å². The third-order valence-electron chi connectivity index (χ3n) is 17.1. The summed E-state index contributed by atoms with van der Waals surface area (Å²) in [4.78, 5) is 2.55. The summed E-state index contributed by atoms with van der Waals surface area (Å²) in [6.45, 7) is 34.9. The van der Waals surface area contributed by atoms with Gasteiger partial charge in [-0.2, -0.15) is 0 Å². The molecule has 1 aromatic heterocycles. The zero-order valence-electron chi connectivity index (χ0n) is 49.9. The second-order valence-electron chi connectivity index (χ2n) is 28.0. The van der Waals surface area contributed by atoms with Crippen LogP contribution in [0.25, 0.3) is 93.2 Å². The molecule has 0 atom stereocenters. The molecular weight excluding hydrogens is 965 g/mol. The minimum absolute atomic E-state index is 0.00181. The number of benzene rings is 11. The Morgan fingerprint density at radius 1 is 0.275 bits per heavy atom. The number of nitrogens with zero attached hydrogens (tertiary/aromatic N) is 2. The van der Waals surface area contributed by atoms with Crippen LogP contribution in [0.2, 0.25) is 0 Å². The van der Waals surface area contributed by atoms with E-state index in [1.54, 1.807) is 0 Å². The van der Waals surface area contributed by atoms with Crippen molar-refractivity contribution in [1.29, 1.82) is 0 Å². The molecular formula is C78H78N2. The average molecular weight is 1040 g/mol. The van der Waals surface area contributed by atoms with Crippen LogP contribution < -0.4 is 4.90 Å². The quantitative estimate of drug-likeness (QED) is 0.144. The molecule has 12 rings (SSSR count). The second-order valence-corrected chi connectivity index (χ2v) is 28.0. The van der Waals surface area contributed by atoms with Crippen LogP contribution in [0.15, 0.2) is 200 Å². The molecule has 2 nitrogen and oxygen atoms in total. The van der Waals surface area contributed by atoms with E-state index in [1.807, 2.05) is 0 Å². The molecule has 80 heavy (non-hydrogen) atoms. The second kappa shape index (κ2) is 18.8. The number of anilines is 3. The fraction of sp³-hybridized carbons (Fsp3) is 0.256. The van der Waals surface area contributed by atoms with E-state index in [4.69, 9.17) is 0 Å². The fourth-order valence-corrected chi connectivity index (χ4v) is 12.1. The van der Waals surface area contributed by atoms with Gasteiger partial charge in [0.05, 0.1) is 22.4 Å². The molecule has 2 heteroatoms. The molecule has 0 aliphatic carbocycles. The van der Waals surface area contributed by atoms with E-state index >= 15 is 0 Å². The Balaban J connectivity index is 1.13. The van der Waals surface area contributed by atoms with E-state index in [-0.39, 0.29) is 27.1 Å². The Morgan fingerprint density at radius 2 is 0.662 bits per heavy atom. The predicted molar refractivity (Wildman–Crippen MR) is 349 cm³/mol. The summed E-state index contributed by atoms with van der Waals surface area (Å²) in [5.74, 6) is 0. The largest absolute Gasteiger partial charge is 0.310 e. The van der Waals surface area contributed by atoms with Gasteiger partial charge < -0.3 is 9.47 Å². The summed E-state index contributed by atoms with van der Waals surface area (Å²) in [5.41, 5.74) is 20.9. The summed E-state index contributed by atoms with van der Waals surface area (Å²) in [6.07, 6.45) is 0. The van der Waals surface area contributed by atoms with E-state index in [0.29, 0.717) is 0 Å². The molecule has 400 valence electrons. The van der Waals surface area contributed by atoms with E-state index in [1.165, 1.54) is 121 Å². The first-order chi connectivity index (χ1) is 37.8. The fourth-order valence-electron chi connectivity index (χ4n) is 12.1. The van der Waals surface area contributed by atoms with Crippen molar-refractivity contribution in [2.45, 2.75) is 131 Å². The third kappa shape index (κ3) is 9.45. The van der Waals surface area contributed by atoms with Crippen molar-refractivity contribution in [2.24, 2.45) is 0 Å². The van der Waals surface area contributed by atoms with Crippen molar-refractivity contribution in [1.82, 2.24) is 4.57 Å². The zero-order chi connectivity index (χ0) is 56.4. The molecule has 0 spiro atoms. The van der Waals surface area contributed by atoms with Gasteiger partial charge in [0.2, 0.25) is 0 Å². The lowest BCUT2D eigenvalue weighted by atomic mass is 9.78. The van der Waals surface area contributed by atoms with Gasteiger partial charge in [0.1, 0.15) is 0 Å². The SMILES string of the molecule is CC(C)(C)c1ccc(-c2cc(-c3cc(C(C)(C)C)cc(C(C)(C)C)c3)cc(N(c3ccc(-c4cc(C(C)(C)C)cc(C(C)(C)C)c4)cc3)c3ccc4ccc5c(-n6c7ccccc7c7ccccc76)ccc6ccc3c4c65)c2)cc1. The monoisotopic (exact) mass is 1040 g/mol. The Kier molecular flexibility index (Phi) is 12.4. The Labute approximate surface area is 476 Å². The van der Waals surface area contributed by atoms with Crippen LogP contribution in [0.3, 0.4) is 0 Å². The van der Waals surface area contributed by atoms with Gasteiger partial charge in [0.15, 0.2) is 0 Å². The van der Waals surface area contributed by atoms with Gasteiger partial charge in [-0.15, -0.1) is 0 Å². The van der Waals surface area contributed by atoms with E-state index in [9.17, 15) is 0 Å². The van der Waals surface area contributed by atoms with Crippen LogP contribution in [0.1, 0.15) is 132 Å². The highest BCUT2D eigenvalue weighted by Crippen LogP contribution is 2.48. The van der Waals surface area contributed by atoms with Crippen molar-refractivity contribution in [3.8, 4) is 39.1 Å². The zero-order valence-corrected chi connectivity index (χ0v) is 49.9. The molecule has 0 fully saturated rings. The lowest BCUT2D eigenvalue weighted by Crippen LogP contribution is -2.16. The van der Waals surface area contributed by atoms with Gasteiger partial charge in [-0.3, -0.25) is 0 Å². The maximum atomic E-state index is 2.55. The van der Waals surface area contributed by atoms with Crippen molar-refractivity contribution < 1.29 is 0 Å². The number of aromatic nitrogens is 1. The molecule has 0 saturated heterocycles. The average Bonchev–Trinajstić information content (AvgIpc) is 3.94. The van der Waals surface area contributed by atoms with Crippen LogP contribution in [0.5, 0.6) is 0 Å². The Morgan fingerprint density at radius 3 is 1.15 bits per heavy atom. The minimum Gasteiger partial charge on any atom is -0.310 e. The molecule has 0 aliphatic rings. The number of hydrogen-bond donors (Lipinski definition) is 0. The summed E-state index contributed by atoms with van der Waals surface area (Å²) >= 11 is 0. The van der Waals surface area contributed by atoms with Crippen LogP contribution in [0.4, 0.5) is 17.1 Å². The van der Waals surface area contributed by atoms with E-state index in [0.717, 1.165) is 17.1 Å². The summed E-state index contributed by atoms with van der Waals surface area (Å²) in [7, 11) is 0. The van der Waals surface area contributed by atoms with Crippen LogP contribution >= 0.6 is 0 Å². The number of hydrogen-bond acceptors (Lipinski definition) is 1. The standard InChI is InChI=1S/C78H78N2/c1-74(2,3)57-32-24-49(25-33-57)53-40-54(56-43-60(77(10,11)12)48-61(44-56)78(13,14)15)46-63(45-53)79(62-34-26-50(27-35-62)55-41-58(75(4,5)6)47-59(42-55)76(7,8)9)70-38-30-51-29-37-67-71(39-31-52-28-36-66(70)72(51)73(52)67)80-68-22-18-16-20-64(68)65-21-17-19-23-69(65)80/h16-48H,1-15H3. The summed E-state index contributed by atoms with van der Waals surface area (Å²) in [6, 6.07) is 77.1. The van der Waals surface area contributed by atoms with Crippen LogP contribution in [-0.2, 0) is 27.1 Å². The molecule has 12 aromatic rings. The number of rotatable bonds is 7. The van der Waals surface area contributed by atoms with Crippen LogP contribution in [0, 0.1) is 0 Å². The van der Waals surface area contributed by atoms with Crippen molar-refractivity contribution in [3.05, 3.63) is 228 Å². The van der Waals surface area contributed by atoms with Crippen molar-refractivity contribution >= 4 is 71.2 Å². The molecule has 0 amide bonds. The molecule has 0 saturated carbocycles.